The summed E-state index contributed by atoms with van der Waals surface area (Å²) in [5, 5.41) is 8.53. The van der Waals surface area contributed by atoms with Crippen LogP contribution in [0.15, 0.2) is 6.20 Å². The van der Waals surface area contributed by atoms with Gasteiger partial charge < -0.3 is 10.1 Å². The second kappa shape index (κ2) is 8.56. The summed E-state index contributed by atoms with van der Waals surface area (Å²) in [7, 11) is 1.70. The molecule has 0 saturated carbocycles. The van der Waals surface area contributed by atoms with E-state index in [4.69, 9.17) is 16.3 Å². The van der Waals surface area contributed by atoms with E-state index in [0.29, 0.717) is 18.4 Å². The molecule has 1 rings (SSSR count). The van der Waals surface area contributed by atoms with E-state index < -0.39 is 0 Å². The molecule has 1 aromatic rings. The zero-order valence-electron chi connectivity index (χ0n) is 12.4. The molecule has 1 N–H and O–H groups in total. The number of rotatable bonds is 9. The van der Waals surface area contributed by atoms with Crippen LogP contribution in [-0.2, 0) is 11.3 Å². The molecule has 19 heavy (non-hydrogen) atoms. The number of ether oxygens (including phenoxy) is 1. The van der Waals surface area contributed by atoms with Gasteiger partial charge in [-0.2, -0.15) is 5.10 Å². The van der Waals surface area contributed by atoms with E-state index in [9.17, 15) is 0 Å². The molecule has 0 saturated heterocycles. The van der Waals surface area contributed by atoms with Crippen molar-refractivity contribution in [3.63, 3.8) is 0 Å². The molecule has 1 unspecified atom stereocenters. The molecule has 1 heterocycles. The van der Waals surface area contributed by atoms with E-state index in [-0.39, 0.29) is 0 Å². The molecule has 0 radical (unpaired) electrons. The quantitative estimate of drug-likeness (QED) is 0.710. The summed E-state index contributed by atoms with van der Waals surface area (Å²) >= 11 is 6.24. The van der Waals surface area contributed by atoms with Crippen molar-refractivity contribution < 1.29 is 4.74 Å². The van der Waals surface area contributed by atoms with Crippen LogP contribution in [0.4, 0.5) is 0 Å². The Morgan fingerprint density at radius 3 is 2.79 bits per heavy atom. The minimum absolute atomic E-state index is 0.395. The zero-order valence-corrected chi connectivity index (χ0v) is 13.2. The Labute approximate surface area is 121 Å². The lowest BCUT2D eigenvalue weighted by atomic mass is 10.0. The molecule has 0 aliphatic heterocycles. The first kappa shape index (κ1) is 16.5. The van der Waals surface area contributed by atoms with Crippen LogP contribution in [-0.4, -0.2) is 36.6 Å². The lowest BCUT2D eigenvalue weighted by Crippen LogP contribution is -2.22. The molecule has 0 aromatic carbocycles. The zero-order chi connectivity index (χ0) is 14.3. The summed E-state index contributed by atoms with van der Waals surface area (Å²) in [6.45, 7) is 10.1. The molecular formula is C14H26ClN3O. The van der Waals surface area contributed by atoms with Gasteiger partial charge in [-0.3, -0.25) is 4.68 Å². The lowest BCUT2D eigenvalue weighted by molar-refractivity contribution is 0.182. The van der Waals surface area contributed by atoms with Crippen LogP contribution in [0, 0.1) is 5.92 Å². The van der Waals surface area contributed by atoms with Crippen LogP contribution in [0.1, 0.15) is 38.8 Å². The molecule has 0 amide bonds. The van der Waals surface area contributed by atoms with Crippen molar-refractivity contribution >= 4 is 11.6 Å². The van der Waals surface area contributed by atoms with Crippen LogP contribution in [0.3, 0.4) is 0 Å². The van der Waals surface area contributed by atoms with E-state index >= 15 is 0 Å². The molecule has 1 aromatic heterocycles. The summed E-state index contributed by atoms with van der Waals surface area (Å²) in [5.41, 5.74) is 1.12. The topological polar surface area (TPSA) is 39.1 Å². The lowest BCUT2D eigenvalue weighted by Gasteiger charge is -2.16. The second-order valence-corrected chi connectivity index (χ2v) is 5.79. The minimum Gasteiger partial charge on any atom is -0.383 e. The van der Waals surface area contributed by atoms with Crippen molar-refractivity contribution in [2.45, 2.75) is 39.7 Å². The molecule has 4 nitrogen and oxygen atoms in total. The summed E-state index contributed by atoms with van der Waals surface area (Å²) in [5.74, 6) is 1.08. The van der Waals surface area contributed by atoms with Gasteiger partial charge in [0, 0.05) is 13.0 Å². The Morgan fingerprint density at radius 1 is 1.42 bits per heavy atom. The third-order valence-corrected chi connectivity index (χ3v) is 3.41. The summed E-state index contributed by atoms with van der Waals surface area (Å²) < 4.78 is 7.06. The Morgan fingerprint density at radius 2 is 2.16 bits per heavy atom. The highest BCUT2D eigenvalue weighted by atomic mass is 35.5. The highest BCUT2D eigenvalue weighted by molar-refractivity contribution is 6.31. The molecule has 110 valence electrons. The predicted octanol–water partition coefficient (Wildman–Crippen LogP) is 2.92. The van der Waals surface area contributed by atoms with Crippen LogP contribution < -0.4 is 5.32 Å². The fourth-order valence-electron chi connectivity index (χ4n) is 2.06. The van der Waals surface area contributed by atoms with Crippen molar-refractivity contribution in [3.8, 4) is 0 Å². The van der Waals surface area contributed by atoms with E-state index in [1.807, 2.05) is 4.68 Å². The third kappa shape index (κ3) is 5.51. The highest BCUT2D eigenvalue weighted by Crippen LogP contribution is 2.26. The molecule has 1 atom stereocenters. The third-order valence-electron chi connectivity index (χ3n) is 3.11. The van der Waals surface area contributed by atoms with Gasteiger partial charge in [0.25, 0.3) is 0 Å². The molecule has 0 fully saturated rings. The van der Waals surface area contributed by atoms with Gasteiger partial charge in [-0.15, -0.1) is 0 Å². The highest BCUT2D eigenvalue weighted by Gasteiger charge is 2.16. The molecule has 5 heteroatoms. The first-order valence-corrected chi connectivity index (χ1v) is 7.34. The second-order valence-electron chi connectivity index (χ2n) is 5.38. The number of halogens is 1. The van der Waals surface area contributed by atoms with Gasteiger partial charge in [0.05, 0.1) is 30.1 Å². The van der Waals surface area contributed by atoms with E-state index in [1.165, 1.54) is 0 Å². The largest absolute Gasteiger partial charge is 0.383 e. The van der Waals surface area contributed by atoms with Gasteiger partial charge in [0.1, 0.15) is 0 Å². The maximum Gasteiger partial charge on any atom is 0.0820 e. The van der Waals surface area contributed by atoms with Crippen LogP contribution in [0.25, 0.3) is 0 Å². The average molecular weight is 288 g/mol. The molecule has 0 aliphatic carbocycles. The maximum absolute atomic E-state index is 6.24. The molecule has 0 aliphatic rings. The van der Waals surface area contributed by atoms with Gasteiger partial charge >= 0.3 is 0 Å². The van der Waals surface area contributed by atoms with Gasteiger partial charge in [-0.25, -0.2) is 0 Å². The fraction of sp³-hybridized carbons (Fsp3) is 0.786. The Kier molecular flexibility index (Phi) is 7.42. The SMILES string of the molecule is COCCn1ncc(Cl)c1C(C)CCNCC(C)C. The summed E-state index contributed by atoms with van der Waals surface area (Å²) in [6.07, 6.45) is 2.79. The number of hydrogen-bond donors (Lipinski definition) is 1. The number of nitrogens with zero attached hydrogens (tertiary/aromatic N) is 2. The number of methoxy groups -OCH3 is 1. The first-order chi connectivity index (χ1) is 9.06. The number of hydrogen-bond acceptors (Lipinski definition) is 3. The molecule has 0 spiro atoms. The van der Waals surface area contributed by atoms with Gasteiger partial charge in [0.2, 0.25) is 0 Å². The number of aromatic nitrogens is 2. The van der Waals surface area contributed by atoms with E-state index in [0.717, 1.165) is 36.8 Å². The molecular weight excluding hydrogens is 262 g/mol. The standard InChI is InChI=1S/C14H26ClN3O/c1-11(2)9-16-6-5-12(3)14-13(15)10-17-18(14)7-8-19-4/h10-12,16H,5-9H2,1-4H3. The number of nitrogens with one attached hydrogen (secondary N) is 1. The monoisotopic (exact) mass is 287 g/mol. The van der Waals surface area contributed by atoms with E-state index in [1.54, 1.807) is 13.3 Å². The van der Waals surface area contributed by atoms with Gasteiger partial charge in [0.15, 0.2) is 0 Å². The first-order valence-electron chi connectivity index (χ1n) is 6.97. The minimum atomic E-state index is 0.395. The van der Waals surface area contributed by atoms with Crippen molar-refractivity contribution in [1.29, 1.82) is 0 Å². The van der Waals surface area contributed by atoms with Gasteiger partial charge in [-0.1, -0.05) is 32.4 Å². The van der Waals surface area contributed by atoms with Crippen LogP contribution in [0.2, 0.25) is 5.02 Å². The summed E-state index contributed by atoms with van der Waals surface area (Å²) in [4.78, 5) is 0. The molecule has 0 bridgehead atoms. The maximum atomic E-state index is 6.24. The van der Waals surface area contributed by atoms with Crippen molar-refractivity contribution in [2.75, 3.05) is 26.8 Å². The fourth-order valence-corrected chi connectivity index (χ4v) is 2.39. The van der Waals surface area contributed by atoms with Crippen molar-refractivity contribution in [1.82, 2.24) is 15.1 Å². The van der Waals surface area contributed by atoms with Crippen LogP contribution >= 0.6 is 11.6 Å². The predicted molar refractivity (Wildman–Crippen MR) is 79.9 cm³/mol. The van der Waals surface area contributed by atoms with Crippen molar-refractivity contribution in [2.24, 2.45) is 5.92 Å². The Hall–Kier alpha value is -0.580. The summed E-state index contributed by atoms with van der Waals surface area (Å²) in [6, 6.07) is 0. The van der Waals surface area contributed by atoms with Gasteiger partial charge in [-0.05, 0) is 25.4 Å². The average Bonchev–Trinajstić information content (AvgIpc) is 2.73. The Bertz CT molecular complexity index is 366. The van der Waals surface area contributed by atoms with Crippen molar-refractivity contribution in [3.05, 3.63) is 16.9 Å². The normalized spacial score (nSPS) is 13.2. The van der Waals surface area contributed by atoms with E-state index in [2.05, 4.69) is 31.2 Å². The van der Waals surface area contributed by atoms with Crippen LogP contribution in [0.5, 0.6) is 0 Å². The Balaban J connectivity index is 2.50. The smallest absolute Gasteiger partial charge is 0.0820 e.